The van der Waals surface area contributed by atoms with E-state index in [1.807, 2.05) is 12.1 Å². The summed E-state index contributed by atoms with van der Waals surface area (Å²) in [4.78, 5) is 0. The van der Waals surface area contributed by atoms with E-state index in [9.17, 15) is 0 Å². The summed E-state index contributed by atoms with van der Waals surface area (Å²) in [7, 11) is -0.232. The predicted octanol–water partition coefficient (Wildman–Crippen LogP) is 3.43. The minimum absolute atomic E-state index is 0.0992. The molecule has 1 saturated heterocycles. The molecule has 0 aromatic heterocycles. The number of anilines is 1. The minimum atomic E-state index is -0.278. The lowest BCUT2D eigenvalue weighted by Crippen LogP contribution is -2.41. The lowest BCUT2D eigenvalue weighted by molar-refractivity contribution is 0.00578. The number of aryl methyl sites for hydroxylation is 1. The van der Waals surface area contributed by atoms with Gasteiger partial charge in [0.1, 0.15) is 0 Å². The Labute approximate surface area is 116 Å². The van der Waals surface area contributed by atoms with Crippen LogP contribution in [0, 0.1) is 6.92 Å². The molecule has 104 valence electrons. The Morgan fingerprint density at radius 1 is 1.05 bits per heavy atom. The Morgan fingerprint density at radius 2 is 1.58 bits per heavy atom. The van der Waals surface area contributed by atoms with Crippen molar-refractivity contribution in [2.24, 2.45) is 0 Å². The molecular formula is C15H24BNO2. The zero-order chi connectivity index (χ0) is 14.3. The Kier molecular flexibility index (Phi) is 3.67. The SMILES string of the molecule is Cc1ccccc1NC(C)B1OC(C)(C)C(C)(C)O1. The van der Waals surface area contributed by atoms with Crippen molar-refractivity contribution in [3.63, 3.8) is 0 Å². The van der Waals surface area contributed by atoms with Gasteiger partial charge in [-0.25, -0.2) is 0 Å². The summed E-state index contributed by atoms with van der Waals surface area (Å²) in [5.74, 6) is 0.0992. The zero-order valence-corrected chi connectivity index (χ0v) is 12.8. The molecule has 4 heteroatoms. The van der Waals surface area contributed by atoms with Crippen LogP contribution in [0.3, 0.4) is 0 Å². The molecule has 1 aromatic carbocycles. The maximum atomic E-state index is 6.05. The quantitative estimate of drug-likeness (QED) is 0.845. The monoisotopic (exact) mass is 261 g/mol. The highest BCUT2D eigenvalue weighted by Gasteiger charge is 2.52. The molecule has 0 spiro atoms. The van der Waals surface area contributed by atoms with Gasteiger partial charge in [0.15, 0.2) is 0 Å². The van der Waals surface area contributed by atoms with Crippen LogP contribution in [0.5, 0.6) is 0 Å². The van der Waals surface area contributed by atoms with E-state index >= 15 is 0 Å². The van der Waals surface area contributed by atoms with E-state index in [2.05, 4.69) is 59.0 Å². The van der Waals surface area contributed by atoms with Crippen molar-refractivity contribution in [1.29, 1.82) is 0 Å². The predicted molar refractivity (Wildman–Crippen MR) is 80.3 cm³/mol. The molecule has 1 atom stereocenters. The molecule has 1 aliphatic heterocycles. The first-order chi connectivity index (χ1) is 8.73. The fourth-order valence-electron chi connectivity index (χ4n) is 2.14. The van der Waals surface area contributed by atoms with Crippen molar-refractivity contribution in [3.8, 4) is 0 Å². The number of para-hydroxylation sites is 1. The van der Waals surface area contributed by atoms with Gasteiger partial charge >= 0.3 is 7.12 Å². The van der Waals surface area contributed by atoms with E-state index in [0.717, 1.165) is 5.69 Å². The van der Waals surface area contributed by atoms with E-state index in [-0.39, 0.29) is 24.3 Å². The number of hydrogen-bond donors (Lipinski definition) is 1. The third-order valence-corrected chi connectivity index (χ3v) is 4.21. The molecule has 0 bridgehead atoms. The molecule has 1 heterocycles. The molecule has 0 saturated carbocycles. The standard InChI is InChI=1S/C15H24BNO2/c1-11-9-7-8-10-13(11)17-12(2)16-18-14(3,4)15(5,6)19-16/h7-10,12,17H,1-6H3. The van der Waals surface area contributed by atoms with Crippen molar-refractivity contribution in [1.82, 2.24) is 0 Å². The second-order valence-electron chi connectivity index (χ2n) is 6.37. The van der Waals surface area contributed by atoms with Crippen LogP contribution in [0.4, 0.5) is 5.69 Å². The average molecular weight is 261 g/mol. The van der Waals surface area contributed by atoms with Gasteiger partial charge in [-0.1, -0.05) is 18.2 Å². The number of rotatable bonds is 3. The van der Waals surface area contributed by atoms with Crippen molar-refractivity contribution in [3.05, 3.63) is 29.8 Å². The maximum Gasteiger partial charge on any atom is 0.481 e. The first kappa shape index (κ1) is 14.4. The van der Waals surface area contributed by atoms with E-state index < -0.39 is 0 Å². The van der Waals surface area contributed by atoms with E-state index in [1.54, 1.807) is 0 Å². The van der Waals surface area contributed by atoms with Gasteiger partial charge in [-0.2, -0.15) is 0 Å². The van der Waals surface area contributed by atoms with E-state index in [1.165, 1.54) is 5.56 Å². The molecule has 2 rings (SSSR count). The number of nitrogens with one attached hydrogen (secondary N) is 1. The van der Waals surface area contributed by atoms with Gasteiger partial charge in [0.2, 0.25) is 0 Å². The van der Waals surface area contributed by atoms with Crippen molar-refractivity contribution >= 4 is 12.8 Å². The fourth-order valence-corrected chi connectivity index (χ4v) is 2.14. The van der Waals surface area contributed by atoms with Crippen LogP contribution in [-0.2, 0) is 9.31 Å². The van der Waals surface area contributed by atoms with Crippen molar-refractivity contribution in [2.75, 3.05) is 5.32 Å². The highest BCUT2D eigenvalue weighted by atomic mass is 16.7. The lowest BCUT2D eigenvalue weighted by Gasteiger charge is -2.32. The largest absolute Gasteiger partial charge is 0.481 e. The Morgan fingerprint density at radius 3 is 2.11 bits per heavy atom. The fraction of sp³-hybridized carbons (Fsp3) is 0.600. The van der Waals surface area contributed by atoms with Crippen LogP contribution in [0.2, 0.25) is 0 Å². The summed E-state index contributed by atoms with van der Waals surface area (Å²) < 4.78 is 12.1. The Bertz CT molecular complexity index is 443. The van der Waals surface area contributed by atoms with Crippen LogP contribution < -0.4 is 5.32 Å². The molecule has 3 nitrogen and oxygen atoms in total. The second kappa shape index (κ2) is 4.84. The number of benzene rings is 1. The highest BCUT2D eigenvalue weighted by Crippen LogP contribution is 2.37. The summed E-state index contributed by atoms with van der Waals surface area (Å²) in [5.41, 5.74) is 1.80. The summed E-state index contributed by atoms with van der Waals surface area (Å²) >= 11 is 0. The average Bonchev–Trinajstić information content (AvgIpc) is 2.51. The van der Waals surface area contributed by atoms with Gasteiger partial charge in [-0.15, -0.1) is 0 Å². The molecule has 1 N–H and O–H groups in total. The number of hydrogen-bond acceptors (Lipinski definition) is 3. The molecule has 0 radical (unpaired) electrons. The summed E-state index contributed by atoms with van der Waals surface area (Å²) in [6.45, 7) is 12.5. The Balaban J connectivity index is 2.07. The Hall–Kier alpha value is -0.995. The molecule has 19 heavy (non-hydrogen) atoms. The van der Waals surface area contributed by atoms with Gasteiger partial charge < -0.3 is 14.6 Å². The summed E-state index contributed by atoms with van der Waals surface area (Å²) in [5, 5.41) is 3.48. The van der Waals surface area contributed by atoms with Crippen LogP contribution in [-0.4, -0.2) is 24.3 Å². The first-order valence-corrected chi connectivity index (χ1v) is 6.91. The second-order valence-corrected chi connectivity index (χ2v) is 6.37. The first-order valence-electron chi connectivity index (χ1n) is 6.91. The topological polar surface area (TPSA) is 30.5 Å². The molecule has 1 aliphatic rings. The molecule has 1 aromatic rings. The van der Waals surface area contributed by atoms with Gasteiger partial charge in [0, 0.05) is 5.69 Å². The van der Waals surface area contributed by atoms with Crippen LogP contribution in [0.15, 0.2) is 24.3 Å². The van der Waals surface area contributed by atoms with E-state index in [4.69, 9.17) is 9.31 Å². The van der Waals surface area contributed by atoms with Crippen LogP contribution in [0.1, 0.15) is 40.2 Å². The van der Waals surface area contributed by atoms with Gasteiger partial charge in [-0.05, 0) is 53.2 Å². The lowest BCUT2D eigenvalue weighted by atomic mass is 9.79. The minimum Gasteiger partial charge on any atom is -0.402 e. The summed E-state index contributed by atoms with van der Waals surface area (Å²) in [6.07, 6.45) is 0. The molecule has 0 aliphatic carbocycles. The zero-order valence-electron chi connectivity index (χ0n) is 12.8. The molecular weight excluding hydrogens is 237 g/mol. The van der Waals surface area contributed by atoms with Gasteiger partial charge in [-0.3, -0.25) is 0 Å². The van der Waals surface area contributed by atoms with Gasteiger partial charge in [0.25, 0.3) is 0 Å². The third-order valence-electron chi connectivity index (χ3n) is 4.21. The van der Waals surface area contributed by atoms with Gasteiger partial charge in [0.05, 0.1) is 17.1 Å². The van der Waals surface area contributed by atoms with Crippen molar-refractivity contribution in [2.45, 2.75) is 58.7 Å². The third kappa shape index (κ3) is 2.80. The van der Waals surface area contributed by atoms with Crippen LogP contribution in [0.25, 0.3) is 0 Å². The molecule has 1 fully saturated rings. The smallest absolute Gasteiger partial charge is 0.402 e. The van der Waals surface area contributed by atoms with Crippen molar-refractivity contribution < 1.29 is 9.31 Å². The normalized spacial score (nSPS) is 22.3. The highest BCUT2D eigenvalue weighted by molar-refractivity contribution is 6.48. The molecule has 1 unspecified atom stereocenters. The summed E-state index contributed by atoms with van der Waals surface area (Å²) in [6, 6.07) is 8.25. The molecule has 0 amide bonds. The maximum absolute atomic E-state index is 6.05. The van der Waals surface area contributed by atoms with Crippen LogP contribution >= 0.6 is 0 Å². The van der Waals surface area contributed by atoms with E-state index in [0.29, 0.717) is 0 Å².